The van der Waals surface area contributed by atoms with Gasteiger partial charge in [-0.05, 0) is 30.3 Å². The quantitative estimate of drug-likeness (QED) is 0.677. The van der Waals surface area contributed by atoms with Gasteiger partial charge in [0.2, 0.25) is 5.95 Å². The number of benzene rings is 1. The van der Waals surface area contributed by atoms with E-state index in [4.69, 9.17) is 9.84 Å². The molecule has 0 saturated heterocycles. The molecule has 144 valence electrons. The topological polar surface area (TPSA) is 86.6 Å². The Morgan fingerprint density at radius 1 is 1.18 bits per heavy atom. The molecule has 0 unspecified atom stereocenters. The lowest BCUT2D eigenvalue weighted by molar-refractivity contribution is 0.304. The smallest absolute Gasteiger partial charge is 0.229 e. The van der Waals surface area contributed by atoms with Crippen molar-refractivity contribution in [3.05, 3.63) is 54.9 Å². The van der Waals surface area contributed by atoms with Crippen molar-refractivity contribution >= 4 is 29.0 Å². The molecule has 1 aromatic carbocycles. The average Bonchev–Trinajstić information content (AvgIpc) is 2.74. The summed E-state index contributed by atoms with van der Waals surface area (Å²) in [4.78, 5) is 17.4. The first-order chi connectivity index (χ1) is 13.7. The third-order valence-corrected chi connectivity index (χ3v) is 4.48. The first kappa shape index (κ1) is 18.0. The molecular weight excluding hydrogens is 356 g/mol. The minimum Gasteiger partial charge on any atom is -0.490 e. The summed E-state index contributed by atoms with van der Waals surface area (Å²) in [5.74, 6) is 2.95. The van der Waals surface area contributed by atoms with Crippen LogP contribution in [0.1, 0.15) is 0 Å². The van der Waals surface area contributed by atoms with Gasteiger partial charge in [-0.2, -0.15) is 4.98 Å². The van der Waals surface area contributed by atoms with E-state index in [9.17, 15) is 0 Å². The number of ether oxygens (including phenoxy) is 1. The van der Waals surface area contributed by atoms with Crippen LogP contribution in [-0.2, 0) is 0 Å². The third-order valence-electron chi connectivity index (χ3n) is 4.48. The van der Waals surface area contributed by atoms with Gasteiger partial charge in [0.15, 0.2) is 0 Å². The van der Waals surface area contributed by atoms with Gasteiger partial charge in [-0.25, -0.2) is 9.97 Å². The van der Waals surface area contributed by atoms with Gasteiger partial charge in [-0.1, -0.05) is 12.1 Å². The van der Waals surface area contributed by atoms with E-state index in [-0.39, 0.29) is 6.61 Å². The number of aliphatic hydroxyl groups excluding tert-OH is 1. The van der Waals surface area contributed by atoms with E-state index in [0.29, 0.717) is 19.1 Å². The largest absolute Gasteiger partial charge is 0.490 e. The normalized spacial score (nSPS) is 12.9. The molecular formula is C20H22N6O2. The maximum Gasteiger partial charge on any atom is 0.229 e. The molecule has 0 amide bonds. The maximum atomic E-state index is 9.03. The third kappa shape index (κ3) is 3.81. The Labute approximate surface area is 163 Å². The van der Waals surface area contributed by atoms with Crippen molar-refractivity contribution in [1.82, 2.24) is 15.0 Å². The van der Waals surface area contributed by atoms with Crippen molar-refractivity contribution in [2.24, 2.45) is 0 Å². The number of aliphatic hydroxyl groups is 1. The number of anilines is 5. The molecule has 2 N–H and O–H groups in total. The summed E-state index contributed by atoms with van der Waals surface area (Å²) in [5, 5.41) is 12.2. The standard InChI is InChI=1S/C20H22N6O2/c1-25(10-12-27)18-7-6-15(14-22-18)23-20-21-9-8-19(24-20)26-11-13-28-17-5-3-2-4-16(17)26/h2-9,14,27H,10-13H2,1H3,(H,21,23,24). The zero-order valence-electron chi connectivity index (χ0n) is 15.6. The predicted octanol–water partition coefficient (Wildman–Crippen LogP) is 2.57. The highest BCUT2D eigenvalue weighted by molar-refractivity contribution is 5.69. The number of hydrogen-bond donors (Lipinski definition) is 2. The van der Waals surface area contributed by atoms with Crippen molar-refractivity contribution in [3.63, 3.8) is 0 Å². The van der Waals surface area contributed by atoms with E-state index in [1.807, 2.05) is 54.4 Å². The van der Waals surface area contributed by atoms with Crippen molar-refractivity contribution < 1.29 is 9.84 Å². The maximum absolute atomic E-state index is 9.03. The van der Waals surface area contributed by atoms with Gasteiger partial charge in [0.25, 0.3) is 0 Å². The molecule has 8 nitrogen and oxygen atoms in total. The van der Waals surface area contributed by atoms with Crippen molar-refractivity contribution in [3.8, 4) is 5.75 Å². The van der Waals surface area contributed by atoms with E-state index in [0.717, 1.165) is 35.3 Å². The van der Waals surface area contributed by atoms with E-state index in [1.165, 1.54) is 0 Å². The minimum atomic E-state index is 0.0868. The van der Waals surface area contributed by atoms with Crippen LogP contribution < -0.4 is 19.9 Å². The molecule has 0 fully saturated rings. The van der Waals surface area contributed by atoms with E-state index >= 15 is 0 Å². The number of hydrogen-bond acceptors (Lipinski definition) is 8. The summed E-state index contributed by atoms with van der Waals surface area (Å²) in [6.45, 7) is 1.95. The van der Waals surface area contributed by atoms with E-state index in [2.05, 4.69) is 25.2 Å². The molecule has 3 heterocycles. The summed E-state index contributed by atoms with van der Waals surface area (Å²) < 4.78 is 5.72. The minimum absolute atomic E-state index is 0.0868. The van der Waals surface area contributed by atoms with Gasteiger partial charge in [0, 0.05) is 19.8 Å². The number of likely N-dealkylation sites (N-methyl/N-ethyl adjacent to an activating group) is 1. The molecule has 0 saturated carbocycles. The van der Waals surface area contributed by atoms with Crippen molar-refractivity contribution in [2.75, 3.05) is 48.5 Å². The lowest BCUT2D eigenvalue weighted by Gasteiger charge is -2.30. The zero-order chi connectivity index (χ0) is 19.3. The number of pyridine rings is 1. The number of para-hydroxylation sites is 2. The van der Waals surface area contributed by atoms with Gasteiger partial charge in [0.05, 0.1) is 30.7 Å². The second kappa shape index (κ2) is 8.10. The molecule has 0 aliphatic carbocycles. The Bertz CT molecular complexity index is 934. The van der Waals surface area contributed by atoms with Crippen molar-refractivity contribution in [2.45, 2.75) is 0 Å². The predicted molar refractivity (Wildman–Crippen MR) is 109 cm³/mol. The summed E-state index contributed by atoms with van der Waals surface area (Å²) in [6.07, 6.45) is 3.46. The number of aromatic nitrogens is 3. The molecule has 1 aliphatic heterocycles. The molecule has 3 aromatic rings. The fourth-order valence-corrected chi connectivity index (χ4v) is 3.05. The van der Waals surface area contributed by atoms with Gasteiger partial charge in [-0.15, -0.1) is 0 Å². The lowest BCUT2D eigenvalue weighted by atomic mass is 10.2. The number of nitrogens with zero attached hydrogens (tertiary/aromatic N) is 5. The first-order valence-corrected chi connectivity index (χ1v) is 9.12. The van der Waals surface area contributed by atoms with Gasteiger partial charge in [0.1, 0.15) is 24.0 Å². The van der Waals surface area contributed by atoms with Crippen LogP contribution >= 0.6 is 0 Å². The van der Waals surface area contributed by atoms with Crippen LogP contribution in [0, 0.1) is 0 Å². The monoisotopic (exact) mass is 378 g/mol. The fourth-order valence-electron chi connectivity index (χ4n) is 3.05. The van der Waals surface area contributed by atoms with Crippen LogP contribution in [0.5, 0.6) is 5.75 Å². The summed E-state index contributed by atoms with van der Waals surface area (Å²) in [7, 11) is 1.89. The highest BCUT2D eigenvalue weighted by Gasteiger charge is 2.20. The second-order valence-corrected chi connectivity index (χ2v) is 6.38. The molecule has 1 aliphatic rings. The number of nitrogens with one attached hydrogen (secondary N) is 1. The first-order valence-electron chi connectivity index (χ1n) is 9.12. The summed E-state index contributed by atoms with van der Waals surface area (Å²) in [5.41, 5.74) is 1.79. The molecule has 28 heavy (non-hydrogen) atoms. The van der Waals surface area contributed by atoms with Crippen LogP contribution in [0.2, 0.25) is 0 Å². The molecule has 0 bridgehead atoms. The van der Waals surface area contributed by atoms with Crippen LogP contribution in [0.25, 0.3) is 0 Å². The molecule has 0 radical (unpaired) electrons. The SMILES string of the molecule is CN(CCO)c1ccc(Nc2nccc(N3CCOc4ccccc43)n2)cn1. The molecule has 0 spiro atoms. The molecule has 0 atom stereocenters. The Balaban J connectivity index is 1.52. The molecule has 4 rings (SSSR count). The highest BCUT2D eigenvalue weighted by Crippen LogP contribution is 2.35. The number of fused-ring (bicyclic) bond motifs is 1. The Kier molecular flexibility index (Phi) is 5.20. The second-order valence-electron chi connectivity index (χ2n) is 6.38. The van der Waals surface area contributed by atoms with Crippen LogP contribution in [0.4, 0.5) is 29.0 Å². The van der Waals surface area contributed by atoms with Crippen molar-refractivity contribution in [1.29, 1.82) is 0 Å². The van der Waals surface area contributed by atoms with Crippen LogP contribution in [0.15, 0.2) is 54.9 Å². The Morgan fingerprint density at radius 2 is 2.07 bits per heavy atom. The zero-order valence-corrected chi connectivity index (χ0v) is 15.6. The average molecular weight is 378 g/mol. The summed E-state index contributed by atoms with van der Waals surface area (Å²) in [6, 6.07) is 13.6. The fraction of sp³-hybridized carbons (Fsp3) is 0.250. The lowest BCUT2D eigenvalue weighted by Crippen LogP contribution is -2.29. The van der Waals surface area contributed by atoms with Gasteiger partial charge >= 0.3 is 0 Å². The Morgan fingerprint density at radius 3 is 2.89 bits per heavy atom. The van der Waals surface area contributed by atoms with E-state index < -0.39 is 0 Å². The number of rotatable bonds is 6. The van der Waals surface area contributed by atoms with Crippen LogP contribution in [0.3, 0.4) is 0 Å². The van der Waals surface area contributed by atoms with Gasteiger partial charge < -0.3 is 25.0 Å². The molecule has 2 aromatic heterocycles. The highest BCUT2D eigenvalue weighted by atomic mass is 16.5. The van der Waals surface area contributed by atoms with Gasteiger partial charge in [-0.3, -0.25) is 0 Å². The Hall–Kier alpha value is -3.39. The summed E-state index contributed by atoms with van der Waals surface area (Å²) >= 11 is 0. The molecule has 8 heteroatoms. The van der Waals surface area contributed by atoms with E-state index in [1.54, 1.807) is 12.4 Å². The van der Waals surface area contributed by atoms with Crippen LogP contribution in [-0.4, -0.2) is 53.4 Å².